The van der Waals surface area contributed by atoms with Gasteiger partial charge in [-0.2, -0.15) is 0 Å². The van der Waals surface area contributed by atoms with Crippen LogP contribution in [0, 0.1) is 0 Å². The first-order valence-corrected chi connectivity index (χ1v) is 7.20. The lowest BCUT2D eigenvalue weighted by Gasteiger charge is -2.38. The molecule has 2 rings (SSSR count). The molecule has 1 aliphatic rings. The minimum atomic E-state index is -2.84. The van der Waals surface area contributed by atoms with E-state index in [1.165, 1.54) is 12.5 Å². The van der Waals surface area contributed by atoms with Crippen LogP contribution in [0.3, 0.4) is 0 Å². The lowest BCUT2D eigenvalue weighted by molar-refractivity contribution is 0.0172. The Morgan fingerprint density at radius 1 is 1.25 bits per heavy atom. The van der Waals surface area contributed by atoms with E-state index in [0.717, 1.165) is 38.2 Å². The van der Waals surface area contributed by atoms with Crippen LogP contribution in [0.1, 0.15) is 50.2 Å². The van der Waals surface area contributed by atoms with E-state index in [1.54, 1.807) is 19.2 Å². The average Bonchev–Trinajstić information content (AvgIpc) is 2.46. The smallest absolute Gasteiger partial charge is 0.270 e. The highest BCUT2D eigenvalue weighted by atomic mass is 19.3. The summed E-state index contributed by atoms with van der Waals surface area (Å²) in [6.07, 6.45) is 5.26. The quantitative estimate of drug-likeness (QED) is 0.907. The summed E-state index contributed by atoms with van der Waals surface area (Å²) in [5.74, 6) is -2.17. The van der Waals surface area contributed by atoms with E-state index in [2.05, 4.69) is 0 Å². The number of hydrogen-bond acceptors (Lipinski definition) is 2. The number of benzene rings is 1. The summed E-state index contributed by atoms with van der Waals surface area (Å²) in [6.45, 7) is 1.40. The Morgan fingerprint density at radius 2 is 1.90 bits per heavy atom. The van der Waals surface area contributed by atoms with Crippen molar-refractivity contribution in [1.82, 2.24) is 0 Å². The van der Waals surface area contributed by atoms with Crippen LogP contribution in [0.5, 0.6) is 5.75 Å². The van der Waals surface area contributed by atoms with Crippen LogP contribution in [0.15, 0.2) is 18.2 Å². The molecule has 0 aromatic heterocycles. The van der Waals surface area contributed by atoms with E-state index in [4.69, 9.17) is 10.5 Å². The van der Waals surface area contributed by atoms with Crippen molar-refractivity contribution in [3.05, 3.63) is 29.3 Å². The SMILES string of the molecule is COc1ccc(C(C)(F)F)cc1C1(CN)CCCCC1. The van der Waals surface area contributed by atoms with Gasteiger partial charge in [0.2, 0.25) is 0 Å². The molecular formula is C16H23F2NO. The zero-order valence-corrected chi connectivity index (χ0v) is 12.2. The summed E-state index contributed by atoms with van der Waals surface area (Å²) in [6, 6.07) is 4.68. The Morgan fingerprint density at radius 3 is 2.40 bits per heavy atom. The second-order valence-electron chi connectivity index (χ2n) is 5.85. The van der Waals surface area contributed by atoms with Crippen molar-refractivity contribution in [3.8, 4) is 5.75 Å². The van der Waals surface area contributed by atoms with Gasteiger partial charge in [-0.15, -0.1) is 0 Å². The minimum absolute atomic E-state index is 0.0340. The lowest BCUT2D eigenvalue weighted by atomic mass is 9.69. The molecule has 0 saturated heterocycles. The second kappa shape index (κ2) is 5.68. The van der Waals surface area contributed by atoms with Crippen molar-refractivity contribution in [2.75, 3.05) is 13.7 Å². The third kappa shape index (κ3) is 2.80. The van der Waals surface area contributed by atoms with Crippen LogP contribution >= 0.6 is 0 Å². The molecule has 0 heterocycles. The van der Waals surface area contributed by atoms with E-state index < -0.39 is 5.92 Å². The average molecular weight is 283 g/mol. The molecule has 0 atom stereocenters. The maximum absolute atomic E-state index is 13.6. The number of ether oxygens (including phenoxy) is 1. The summed E-state index contributed by atoms with van der Waals surface area (Å²) in [5.41, 5.74) is 6.67. The number of hydrogen-bond donors (Lipinski definition) is 1. The van der Waals surface area contributed by atoms with Crippen molar-refractivity contribution in [2.24, 2.45) is 5.73 Å². The molecule has 0 spiro atoms. The standard InChI is InChI=1S/C16H23F2NO/c1-15(17,18)12-6-7-14(20-2)13(10-12)16(11-19)8-4-3-5-9-16/h6-7,10H,3-5,8-9,11,19H2,1-2H3. The van der Waals surface area contributed by atoms with Gasteiger partial charge in [-0.05, 0) is 31.0 Å². The summed E-state index contributed by atoms with van der Waals surface area (Å²) in [5, 5.41) is 0. The number of alkyl halides is 2. The van der Waals surface area contributed by atoms with Crippen molar-refractivity contribution >= 4 is 0 Å². The third-order valence-electron chi connectivity index (χ3n) is 4.48. The summed E-state index contributed by atoms with van der Waals surface area (Å²) in [7, 11) is 1.58. The second-order valence-corrected chi connectivity index (χ2v) is 5.85. The van der Waals surface area contributed by atoms with Crippen molar-refractivity contribution in [3.63, 3.8) is 0 Å². The predicted octanol–water partition coefficient (Wildman–Crippen LogP) is 3.97. The Bertz CT molecular complexity index is 462. The fourth-order valence-corrected chi connectivity index (χ4v) is 3.21. The maximum atomic E-state index is 13.6. The van der Waals surface area contributed by atoms with E-state index in [1.807, 2.05) is 0 Å². The molecule has 0 unspecified atom stereocenters. The van der Waals surface area contributed by atoms with Gasteiger partial charge in [0.1, 0.15) is 5.75 Å². The van der Waals surface area contributed by atoms with Crippen LogP contribution in [-0.4, -0.2) is 13.7 Å². The predicted molar refractivity (Wildman–Crippen MR) is 76.4 cm³/mol. The largest absolute Gasteiger partial charge is 0.496 e. The maximum Gasteiger partial charge on any atom is 0.270 e. The fourth-order valence-electron chi connectivity index (χ4n) is 3.21. The molecule has 112 valence electrons. The van der Waals surface area contributed by atoms with Crippen molar-refractivity contribution < 1.29 is 13.5 Å². The summed E-state index contributed by atoms with van der Waals surface area (Å²) < 4.78 is 32.6. The topological polar surface area (TPSA) is 35.2 Å². The Labute approximate surface area is 119 Å². The van der Waals surface area contributed by atoms with Gasteiger partial charge < -0.3 is 10.5 Å². The van der Waals surface area contributed by atoms with Gasteiger partial charge in [0.15, 0.2) is 0 Å². The highest BCUT2D eigenvalue weighted by Crippen LogP contribution is 2.44. The number of methoxy groups -OCH3 is 1. The van der Waals surface area contributed by atoms with Crippen LogP contribution in [0.4, 0.5) is 8.78 Å². The lowest BCUT2D eigenvalue weighted by Crippen LogP contribution is -2.37. The van der Waals surface area contributed by atoms with E-state index in [9.17, 15) is 8.78 Å². The van der Waals surface area contributed by atoms with Gasteiger partial charge in [-0.25, -0.2) is 8.78 Å². The Hall–Kier alpha value is -1.16. The molecule has 0 aliphatic heterocycles. The minimum Gasteiger partial charge on any atom is -0.496 e. The third-order valence-corrected chi connectivity index (χ3v) is 4.48. The molecular weight excluding hydrogens is 260 g/mol. The molecule has 1 saturated carbocycles. The molecule has 0 amide bonds. The molecule has 1 aliphatic carbocycles. The molecule has 2 N–H and O–H groups in total. The molecule has 0 bridgehead atoms. The van der Waals surface area contributed by atoms with Gasteiger partial charge in [0.25, 0.3) is 5.92 Å². The van der Waals surface area contributed by atoms with Gasteiger partial charge >= 0.3 is 0 Å². The molecule has 2 nitrogen and oxygen atoms in total. The zero-order chi connectivity index (χ0) is 14.8. The fraction of sp³-hybridized carbons (Fsp3) is 0.625. The van der Waals surface area contributed by atoms with E-state index in [-0.39, 0.29) is 11.0 Å². The first-order valence-electron chi connectivity index (χ1n) is 7.20. The van der Waals surface area contributed by atoms with Crippen LogP contribution < -0.4 is 10.5 Å². The Balaban J connectivity index is 2.51. The molecule has 20 heavy (non-hydrogen) atoms. The zero-order valence-electron chi connectivity index (χ0n) is 12.2. The Kier molecular flexibility index (Phi) is 4.33. The van der Waals surface area contributed by atoms with Gasteiger partial charge in [0, 0.05) is 30.0 Å². The number of nitrogens with two attached hydrogens (primary N) is 1. The van der Waals surface area contributed by atoms with Crippen LogP contribution in [0.2, 0.25) is 0 Å². The first kappa shape index (κ1) is 15.2. The number of rotatable bonds is 4. The summed E-state index contributed by atoms with van der Waals surface area (Å²) >= 11 is 0. The molecule has 1 aromatic rings. The van der Waals surface area contributed by atoms with Gasteiger partial charge in [-0.3, -0.25) is 0 Å². The highest BCUT2D eigenvalue weighted by molar-refractivity contribution is 5.44. The first-order chi connectivity index (χ1) is 9.43. The number of halogens is 2. The monoisotopic (exact) mass is 283 g/mol. The van der Waals surface area contributed by atoms with E-state index in [0.29, 0.717) is 12.3 Å². The molecule has 4 heteroatoms. The highest BCUT2D eigenvalue weighted by Gasteiger charge is 2.36. The van der Waals surface area contributed by atoms with Crippen molar-refractivity contribution in [1.29, 1.82) is 0 Å². The molecule has 1 fully saturated rings. The van der Waals surface area contributed by atoms with Crippen LogP contribution in [-0.2, 0) is 11.3 Å². The van der Waals surface area contributed by atoms with Crippen molar-refractivity contribution in [2.45, 2.75) is 50.4 Å². The van der Waals surface area contributed by atoms with Crippen LogP contribution in [0.25, 0.3) is 0 Å². The summed E-state index contributed by atoms with van der Waals surface area (Å²) in [4.78, 5) is 0. The normalized spacial score (nSPS) is 18.9. The van der Waals surface area contributed by atoms with Gasteiger partial charge in [0.05, 0.1) is 7.11 Å². The van der Waals surface area contributed by atoms with E-state index >= 15 is 0 Å². The molecule has 0 radical (unpaired) electrons. The van der Waals surface area contributed by atoms with Gasteiger partial charge in [-0.1, -0.05) is 19.3 Å². The molecule has 1 aromatic carbocycles.